The topological polar surface area (TPSA) is 64.3 Å². The lowest BCUT2D eigenvalue weighted by Crippen LogP contribution is -2.31. The van der Waals surface area contributed by atoms with Crippen molar-refractivity contribution in [1.82, 2.24) is 5.32 Å². The molecular weight excluding hydrogens is 240 g/mol. The van der Waals surface area contributed by atoms with Crippen LogP contribution in [0.2, 0.25) is 0 Å². The van der Waals surface area contributed by atoms with E-state index < -0.39 is 0 Å². The van der Waals surface area contributed by atoms with E-state index in [-0.39, 0.29) is 12.0 Å². The van der Waals surface area contributed by atoms with E-state index in [1.165, 1.54) is 5.56 Å². The molecule has 0 fully saturated rings. The standard InChI is InChI=1S/C15H24N2O2/c1-11(2)13-6-4-12(5-7-13)10-17-15(18)8-14(9-16)19-3/h4-7,11,14H,8-10,16H2,1-3H3,(H,17,18). The lowest BCUT2D eigenvalue weighted by atomic mass is 10.0. The minimum absolute atomic E-state index is 0.0368. The highest BCUT2D eigenvalue weighted by Gasteiger charge is 2.10. The van der Waals surface area contributed by atoms with E-state index in [0.29, 0.717) is 25.4 Å². The van der Waals surface area contributed by atoms with Crippen molar-refractivity contribution < 1.29 is 9.53 Å². The Labute approximate surface area is 115 Å². The van der Waals surface area contributed by atoms with Gasteiger partial charge in [-0.25, -0.2) is 0 Å². The molecule has 0 aliphatic carbocycles. The molecule has 1 rings (SSSR count). The minimum atomic E-state index is -0.205. The van der Waals surface area contributed by atoms with Crippen LogP contribution in [0.1, 0.15) is 37.3 Å². The average molecular weight is 264 g/mol. The molecule has 0 spiro atoms. The quantitative estimate of drug-likeness (QED) is 0.789. The van der Waals surface area contributed by atoms with Crippen molar-refractivity contribution in [2.24, 2.45) is 5.73 Å². The lowest BCUT2D eigenvalue weighted by Gasteiger charge is -2.13. The van der Waals surface area contributed by atoms with E-state index in [9.17, 15) is 4.79 Å². The Morgan fingerprint density at radius 3 is 2.42 bits per heavy atom. The van der Waals surface area contributed by atoms with Gasteiger partial charge < -0.3 is 15.8 Å². The largest absolute Gasteiger partial charge is 0.380 e. The van der Waals surface area contributed by atoms with E-state index in [1.807, 2.05) is 12.1 Å². The normalized spacial score (nSPS) is 12.5. The number of hydrogen-bond acceptors (Lipinski definition) is 3. The molecule has 0 aliphatic rings. The number of amides is 1. The molecule has 106 valence electrons. The van der Waals surface area contributed by atoms with Crippen molar-refractivity contribution in [2.45, 2.75) is 38.8 Å². The molecular formula is C15H24N2O2. The number of carbonyl (C=O) groups is 1. The zero-order valence-electron chi connectivity index (χ0n) is 12.0. The summed E-state index contributed by atoms with van der Waals surface area (Å²) >= 11 is 0. The van der Waals surface area contributed by atoms with Crippen molar-refractivity contribution in [3.05, 3.63) is 35.4 Å². The molecule has 1 amide bonds. The number of hydrogen-bond donors (Lipinski definition) is 2. The number of nitrogens with one attached hydrogen (secondary N) is 1. The Morgan fingerprint density at radius 1 is 1.32 bits per heavy atom. The van der Waals surface area contributed by atoms with Gasteiger partial charge >= 0.3 is 0 Å². The highest BCUT2D eigenvalue weighted by Crippen LogP contribution is 2.14. The van der Waals surface area contributed by atoms with Gasteiger partial charge in [-0.3, -0.25) is 4.79 Å². The fraction of sp³-hybridized carbons (Fsp3) is 0.533. The Kier molecular flexibility index (Phi) is 6.53. The second-order valence-electron chi connectivity index (χ2n) is 4.97. The number of ether oxygens (including phenoxy) is 1. The van der Waals surface area contributed by atoms with E-state index in [2.05, 4.69) is 31.3 Å². The van der Waals surface area contributed by atoms with Gasteiger partial charge in [0.05, 0.1) is 12.5 Å². The van der Waals surface area contributed by atoms with E-state index in [1.54, 1.807) is 7.11 Å². The van der Waals surface area contributed by atoms with Crippen LogP contribution in [-0.2, 0) is 16.1 Å². The van der Waals surface area contributed by atoms with Gasteiger partial charge in [-0.05, 0) is 17.0 Å². The molecule has 0 saturated heterocycles. The van der Waals surface area contributed by atoms with Crippen LogP contribution < -0.4 is 11.1 Å². The summed E-state index contributed by atoms with van der Waals surface area (Å²) in [5, 5.41) is 2.87. The molecule has 0 radical (unpaired) electrons. The zero-order valence-corrected chi connectivity index (χ0v) is 12.0. The molecule has 19 heavy (non-hydrogen) atoms. The second kappa shape index (κ2) is 7.92. The van der Waals surface area contributed by atoms with Gasteiger partial charge in [-0.2, -0.15) is 0 Å². The van der Waals surface area contributed by atoms with Crippen molar-refractivity contribution >= 4 is 5.91 Å². The summed E-state index contributed by atoms with van der Waals surface area (Å²) in [5.74, 6) is 0.487. The number of rotatable bonds is 7. The Bertz CT molecular complexity index is 384. The van der Waals surface area contributed by atoms with Crippen LogP contribution in [0, 0.1) is 0 Å². The number of carbonyl (C=O) groups excluding carboxylic acids is 1. The fourth-order valence-corrected chi connectivity index (χ4v) is 1.76. The molecule has 0 aliphatic heterocycles. The highest BCUT2D eigenvalue weighted by molar-refractivity contribution is 5.76. The summed E-state index contributed by atoms with van der Waals surface area (Å²) in [7, 11) is 1.56. The maximum Gasteiger partial charge on any atom is 0.222 e. The lowest BCUT2D eigenvalue weighted by molar-refractivity contribution is -0.123. The molecule has 1 aromatic carbocycles. The summed E-state index contributed by atoms with van der Waals surface area (Å²) < 4.78 is 5.08. The van der Waals surface area contributed by atoms with Gasteiger partial charge in [-0.1, -0.05) is 38.1 Å². The zero-order chi connectivity index (χ0) is 14.3. The van der Waals surface area contributed by atoms with Crippen molar-refractivity contribution in [1.29, 1.82) is 0 Å². The van der Waals surface area contributed by atoms with E-state index in [0.717, 1.165) is 5.56 Å². The third kappa shape index (κ3) is 5.41. The molecule has 4 nitrogen and oxygen atoms in total. The average Bonchev–Trinajstić information content (AvgIpc) is 2.43. The van der Waals surface area contributed by atoms with Crippen molar-refractivity contribution in [3.8, 4) is 0 Å². The number of nitrogens with two attached hydrogens (primary N) is 1. The van der Waals surface area contributed by atoms with Gasteiger partial charge in [0.25, 0.3) is 0 Å². The summed E-state index contributed by atoms with van der Waals surface area (Å²) in [6, 6.07) is 8.30. The van der Waals surface area contributed by atoms with Crippen LogP contribution in [-0.4, -0.2) is 25.7 Å². The third-order valence-electron chi connectivity index (χ3n) is 3.15. The van der Waals surface area contributed by atoms with E-state index >= 15 is 0 Å². The van der Waals surface area contributed by atoms with Crippen LogP contribution >= 0.6 is 0 Å². The summed E-state index contributed by atoms with van der Waals surface area (Å²) in [6.07, 6.45) is 0.0974. The van der Waals surface area contributed by atoms with Crippen molar-refractivity contribution in [3.63, 3.8) is 0 Å². The Morgan fingerprint density at radius 2 is 1.95 bits per heavy atom. The first-order chi connectivity index (χ1) is 9.06. The molecule has 1 unspecified atom stereocenters. The molecule has 0 aromatic heterocycles. The molecule has 0 bridgehead atoms. The van der Waals surface area contributed by atoms with Gasteiger partial charge in [0.2, 0.25) is 5.91 Å². The summed E-state index contributed by atoms with van der Waals surface area (Å²) in [4.78, 5) is 11.7. The predicted octanol–water partition coefficient (Wildman–Crippen LogP) is 1.79. The Balaban J connectivity index is 2.41. The fourth-order valence-electron chi connectivity index (χ4n) is 1.76. The third-order valence-corrected chi connectivity index (χ3v) is 3.15. The maximum absolute atomic E-state index is 11.7. The van der Waals surface area contributed by atoms with Gasteiger partial charge in [-0.15, -0.1) is 0 Å². The number of methoxy groups -OCH3 is 1. The first-order valence-electron chi connectivity index (χ1n) is 6.65. The first kappa shape index (κ1) is 15.7. The monoisotopic (exact) mass is 264 g/mol. The first-order valence-corrected chi connectivity index (χ1v) is 6.65. The van der Waals surface area contributed by atoms with E-state index in [4.69, 9.17) is 10.5 Å². The minimum Gasteiger partial charge on any atom is -0.380 e. The maximum atomic E-state index is 11.7. The van der Waals surface area contributed by atoms with Gasteiger partial charge in [0.1, 0.15) is 0 Å². The van der Waals surface area contributed by atoms with Gasteiger partial charge in [0, 0.05) is 20.2 Å². The predicted molar refractivity (Wildman–Crippen MR) is 76.8 cm³/mol. The van der Waals surface area contributed by atoms with Crippen LogP contribution in [0.3, 0.4) is 0 Å². The van der Waals surface area contributed by atoms with Gasteiger partial charge in [0.15, 0.2) is 0 Å². The molecule has 3 N–H and O–H groups in total. The number of benzene rings is 1. The van der Waals surface area contributed by atoms with Crippen molar-refractivity contribution in [2.75, 3.05) is 13.7 Å². The summed E-state index contributed by atoms with van der Waals surface area (Å²) in [6.45, 7) is 5.22. The molecule has 0 saturated carbocycles. The van der Waals surface area contributed by atoms with Crippen LogP contribution in [0.25, 0.3) is 0 Å². The van der Waals surface area contributed by atoms with Crippen LogP contribution in [0.5, 0.6) is 0 Å². The molecule has 4 heteroatoms. The highest BCUT2D eigenvalue weighted by atomic mass is 16.5. The molecule has 0 heterocycles. The van der Waals surface area contributed by atoms with Crippen LogP contribution in [0.4, 0.5) is 0 Å². The smallest absolute Gasteiger partial charge is 0.222 e. The SMILES string of the molecule is COC(CN)CC(=O)NCc1ccc(C(C)C)cc1. The second-order valence-corrected chi connectivity index (χ2v) is 4.97. The van der Waals surface area contributed by atoms with Crippen LogP contribution in [0.15, 0.2) is 24.3 Å². The molecule has 1 aromatic rings. The molecule has 1 atom stereocenters. The summed E-state index contributed by atoms with van der Waals surface area (Å²) in [5.41, 5.74) is 7.88. The Hall–Kier alpha value is -1.39.